The van der Waals surface area contributed by atoms with Gasteiger partial charge in [-0.2, -0.15) is 29.8 Å². The molecule has 5 rings (SSSR count). The average Bonchev–Trinajstić information content (AvgIpc) is 3.45. The Morgan fingerprint density at radius 3 is 2.14 bits per heavy atom. The first-order valence-corrected chi connectivity index (χ1v) is 24.8. The van der Waals surface area contributed by atoms with Crippen LogP contribution in [0.25, 0.3) is 0 Å². The number of anilines is 1. The van der Waals surface area contributed by atoms with E-state index >= 15 is 0 Å². The van der Waals surface area contributed by atoms with Gasteiger partial charge in [-0.3, -0.25) is 13.7 Å². The summed E-state index contributed by atoms with van der Waals surface area (Å²) in [6, 6.07) is 10.9. The van der Waals surface area contributed by atoms with E-state index in [1.807, 2.05) is 24.5 Å². The first-order valence-electron chi connectivity index (χ1n) is 19.2. The van der Waals surface area contributed by atoms with Crippen LogP contribution >= 0.6 is 11.8 Å². The van der Waals surface area contributed by atoms with Gasteiger partial charge in [-0.05, 0) is 100 Å². The van der Waals surface area contributed by atoms with Crippen molar-refractivity contribution < 1.29 is 48.6 Å². The van der Waals surface area contributed by atoms with Gasteiger partial charge >= 0.3 is 0 Å². The molecule has 4 N–H and O–H groups in total. The molecule has 0 spiro atoms. The summed E-state index contributed by atoms with van der Waals surface area (Å²) in [6.45, 7) is 11.4. The standard InChI is InChI=1S/C41H54N2O10S4/c1-29-13-17-35-33(27-29)40(2,3)37(42(35)21-6-8-25-55(45,46)47)19-14-30-11-10-12-31(39(30)54-24-23-44)15-20-38-41(4,5)34-28-32(57(51,52)53)16-18-36(34)43(38)22-7-9-26-56(48,49)50/h13-20,27-28,44H,6-12,21-26H2,1-5H3,(H2-,45,46,47,48,49,50,51,52,53)/p+1. The Bertz CT molecular complexity index is 2370. The summed E-state index contributed by atoms with van der Waals surface area (Å²) in [5, 5.41) is 9.91. The normalized spacial score (nSPS) is 19.7. The van der Waals surface area contributed by atoms with Crippen molar-refractivity contribution in [3.63, 3.8) is 0 Å². The number of thioether (sulfide) groups is 1. The summed E-state index contributed by atoms with van der Waals surface area (Å²) in [7, 11) is -12.6. The third-order valence-electron chi connectivity index (χ3n) is 11.0. The second-order valence-electron chi connectivity index (χ2n) is 16.0. The molecular weight excluding hydrogens is 809 g/mol. The number of benzene rings is 2. The minimum absolute atomic E-state index is 0.00822. The maximum Gasteiger partial charge on any atom is 0.294 e. The van der Waals surface area contributed by atoms with Gasteiger partial charge in [0.05, 0.1) is 28.4 Å². The molecule has 1 aliphatic carbocycles. The predicted molar refractivity (Wildman–Crippen MR) is 228 cm³/mol. The molecule has 0 amide bonds. The lowest BCUT2D eigenvalue weighted by atomic mass is 9.81. The van der Waals surface area contributed by atoms with Crippen molar-refractivity contribution in [2.24, 2.45) is 0 Å². The topological polar surface area (TPSA) is 190 Å². The Labute approximate surface area is 342 Å². The van der Waals surface area contributed by atoms with Gasteiger partial charge in [0.1, 0.15) is 6.54 Å². The molecule has 57 heavy (non-hydrogen) atoms. The highest BCUT2D eigenvalue weighted by Crippen LogP contribution is 2.49. The minimum Gasteiger partial charge on any atom is -0.396 e. The van der Waals surface area contributed by atoms with Crippen molar-refractivity contribution in [3.05, 3.63) is 99.1 Å². The lowest BCUT2D eigenvalue weighted by Crippen LogP contribution is -2.28. The fourth-order valence-electron chi connectivity index (χ4n) is 8.11. The summed E-state index contributed by atoms with van der Waals surface area (Å²) in [4.78, 5) is 3.10. The third kappa shape index (κ3) is 10.8. The molecule has 3 aliphatic rings. The van der Waals surface area contributed by atoms with E-state index in [2.05, 4.69) is 62.1 Å². The average molecular weight is 864 g/mol. The maximum absolute atomic E-state index is 12.1. The van der Waals surface area contributed by atoms with E-state index in [1.165, 1.54) is 17.7 Å². The fraction of sp³-hybridized carbons (Fsp3) is 0.488. The maximum atomic E-state index is 12.1. The van der Waals surface area contributed by atoms with E-state index in [9.17, 15) is 44.0 Å². The Balaban J connectivity index is 1.55. The van der Waals surface area contributed by atoms with Gasteiger partial charge in [0.15, 0.2) is 5.71 Å². The van der Waals surface area contributed by atoms with Gasteiger partial charge in [-0.15, -0.1) is 11.8 Å². The quantitative estimate of drug-likeness (QED) is 0.0708. The van der Waals surface area contributed by atoms with Crippen molar-refractivity contribution in [2.45, 2.75) is 95.3 Å². The Morgan fingerprint density at radius 1 is 0.807 bits per heavy atom. The molecule has 0 atom stereocenters. The van der Waals surface area contributed by atoms with Crippen molar-refractivity contribution in [3.8, 4) is 0 Å². The van der Waals surface area contributed by atoms with Crippen LogP contribution in [0.15, 0.2) is 87.3 Å². The first-order chi connectivity index (χ1) is 26.5. The number of fused-ring (bicyclic) bond motifs is 2. The Hall–Kier alpha value is -3.09. The van der Waals surface area contributed by atoms with Gasteiger partial charge in [0.2, 0.25) is 5.69 Å². The number of unbranched alkanes of at least 4 members (excludes halogenated alkanes) is 2. The lowest BCUT2D eigenvalue weighted by Gasteiger charge is -2.27. The molecule has 0 bridgehead atoms. The van der Waals surface area contributed by atoms with Crippen LogP contribution in [0, 0.1) is 6.92 Å². The predicted octanol–water partition coefficient (Wildman–Crippen LogP) is 7.28. The third-order valence-corrected chi connectivity index (χ3v) is 14.6. The number of rotatable bonds is 17. The number of aryl methyl sites for hydroxylation is 1. The van der Waals surface area contributed by atoms with Gasteiger partial charge in [0, 0.05) is 58.1 Å². The molecule has 2 heterocycles. The van der Waals surface area contributed by atoms with E-state index in [1.54, 1.807) is 17.8 Å². The highest BCUT2D eigenvalue weighted by molar-refractivity contribution is 8.03. The molecule has 0 saturated carbocycles. The van der Waals surface area contributed by atoms with Crippen LogP contribution < -0.4 is 4.90 Å². The van der Waals surface area contributed by atoms with E-state index in [0.717, 1.165) is 63.7 Å². The number of allylic oxidation sites excluding steroid dienone is 7. The lowest BCUT2D eigenvalue weighted by molar-refractivity contribution is -0.438. The van der Waals surface area contributed by atoms with Crippen LogP contribution in [0.4, 0.5) is 11.4 Å². The van der Waals surface area contributed by atoms with Crippen molar-refractivity contribution >= 4 is 59.2 Å². The monoisotopic (exact) mass is 863 g/mol. The largest absolute Gasteiger partial charge is 0.396 e. The molecular formula is C41H55N2O10S4+. The van der Waals surface area contributed by atoms with Gasteiger partial charge in [-0.25, -0.2) is 0 Å². The summed E-state index contributed by atoms with van der Waals surface area (Å²) in [5.74, 6) is -0.175. The van der Waals surface area contributed by atoms with Crippen LogP contribution in [0.2, 0.25) is 0 Å². The van der Waals surface area contributed by atoms with Gasteiger partial charge in [0.25, 0.3) is 30.4 Å². The molecule has 0 aromatic heterocycles. The van der Waals surface area contributed by atoms with Crippen molar-refractivity contribution in [1.29, 1.82) is 0 Å². The molecule has 2 aromatic rings. The zero-order valence-corrected chi connectivity index (χ0v) is 36.5. The van der Waals surface area contributed by atoms with E-state index < -0.39 is 35.8 Å². The molecule has 0 radical (unpaired) electrons. The summed E-state index contributed by atoms with van der Waals surface area (Å²) in [6.07, 6.45) is 12.5. The summed E-state index contributed by atoms with van der Waals surface area (Å²) < 4.78 is 100. The zero-order valence-electron chi connectivity index (χ0n) is 33.2. The van der Waals surface area contributed by atoms with Crippen LogP contribution in [0.1, 0.15) is 89.3 Å². The van der Waals surface area contributed by atoms with Crippen LogP contribution in [-0.4, -0.2) is 91.3 Å². The Kier molecular flexibility index (Phi) is 13.9. The second kappa shape index (κ2) is 17.6. The highest BCUT2D eigenvalue weighted by atomic mass is 32.2. The summed E-state index contributed by atoms with van der Waals surface area (Å²) >= 11 is 1.59. The number of hydrogen-bond donors (Lipinski definition) is 4. The second-order valence-corrected chi connectivity index (χ2v) is 21.6. The van der Waals surface area contributed by atoms with Crippen LogP contribution in [0.5, 0.6) is 0 Å². The smallest absolute Gasteiger partial charge is 0.294 e. The van der Waals surface area contributed by atoms with Gasteiger partial charge < -0.3 is 10.0 Å². The fourth-order valence-corrected chi connectivity index (χ4v) is 10.8. The van der Waals surface area contributed by atoms with E-state index in [-0.39, 0.29) is 34.8 Å². The number of aliphatic hydroxyl groups excluding tert-OH is 1. The summed E-state index contributed by atoms with van der Waals surface area (Å²) in [5.41, 5.74) is 7.95. The van der Waals surface area contributed by atoms with Gasteiger partial charge in [-0.1, -0.05) is 43.7 Å². The molecule has 0 unspecified atom stereocenters. The number of hydrogen-bond acceptors (Lipinski definition) is 9. The molecule has 12 nitrogen and oxygen atoms in total. The first kappa shape index (κ1) is 45.0. The molecule has 312 valence electrons. The van der Waals surface area contributed by atoms with Crippen molar-refractivity contribution in [2.75, 3.05) is 41.9 Å². The molecule has 2 aromatic carbocycles. The number of nitrogens with zero attached hydrogens (tertiary/aromatic N) is 2. The highest BCUT2D eigenvalue weighted by Gasteiger charge is 2.45. The Morgan fingerprint density at radius 2 is 1.49 bits per heavy atom. The molecule has 16 heteroatoms. The zero-order chi connectivity index (χ0) is 42.0. The van der Waals surface area contributed by atoms with E-state index in [0.29, 0.717) is 43.7 Å². The van der Waals surface area contributed by atoms with Crippen LogP contribution in [0.3, 0.4) is 0 Å². The van der Waals surface area contributed by atoms with Crippen molar-refractivity contribution in [1.82, 2.24) is 0 Å². The SMILES string of the molecule is Cc1ccc2c(c1)C(C)(C)C(=CC=C1CCCC(C=CC3=[N+](CCCCS(=O)(=O)O)c4ccc(S(=O)(=O)O)cc4C3(C)C)=C1SCCO)N2CCCCS(=O)(=O)O. The molecule has 2 aliphatic heterocycles. The minimum atomic E-state index is -4.47. The van der Waals surface area contributed by atoms with E-state index in [4.69, 9.17) is 0 Å². The molecule has 0 saturated heterocycles. The number of aliphatic hydroxyl groups is 1. The van der Waals surface area contributed by atoms with Crippen LogP contribution in [-0.2, 0) is 41.2 Å². The molecule has 0 fully saturated rings.